The Labute approximate surface area is 158 Å². The van der Waals surface area contributed by atoms with Crippen LogP contribution in [0.1, 0.15) is 42.6 Å². The highest BCUT2D eigenvalue weighted by Crippen LogP contribution is 2.25. The minimum Gasteiger partial charge on any atom is -0.497 e. The summed E-state index contributed by atoms with van der Waals surface area (Å²) in [6.07, 6.45) is 0. The third-order valence-corrected chi connectivity index (χ3v) is 4.21. The molecule has 0 atom stereocenters. The Hall–Kier alpha value is -3.15. The third-order valence-electron chi connectivity index (χ3n) is 4.21. The summed E-state index contributed by atoms with van der Waals surface area (Å²) in [6.45, 7) is 6.65. The molecule has 6 nitrogen and oxygen atoms in total. The molecule has 0 saturated carbocycles. The summed E-state index contributed by atoms with van der Waals surface area (Å²) < 4.78 is 10.4. The maximum Gasteiger partial charge on any atom is 0.251 e. The Bertz CT molecular complexity index is 924. The van der Waals surface area contributed by atoms with E-state index in [0.29, 0.717) is 23.0 Å². The summed E-state index contributed by atoms with van der Waals surface area (Å²) in [6, 6.07) is 15.0. The van der Waals surface area contributed by atoms with Crippen LogP contribution in [0.5, 0.6) is 5.75 Å². The summed E-state index contributed by atoms with van der Waals surface area (Å²) >= 11 is 0. The van der Waals surface area contributed by atoms with Gasteiger partial charge in [-0.25, -0.2) is 0 Å². The van der Waals surface area contributed by atoms with Crippen molar-refractivity contribution in [3.63, 3.8) is 0 Å². The van der Waals surface area contributed by atoms with E-state index in [1.807, 2.05) is 12.1 Å². The average molecular weight is 365 g/mol. The van der Waals surface area contributed by atoms with Gasteiger partial charge in [-0.1, -0.05) is 56.3 Å². The van der Waals surface area contributed by atoms with E-state index in [4.69, 9.17) is 9.26 Å². The Morgan fingerprint density at radius 1 is 1.15 bits per heavy atom. The largest absolute Gasteiger partial charge is 0.497 e. The first-order valence-electron chi connectivity index (χ1n) is 8.72. The van der Waals surface area contributed by atoms with Gasteiger partial charge >= 0.3 is 0 Å². The van der Waals surface area contributed by atoms with E-state index in [1.165, 1.54) is 5.56 Å². The van der Waals surface area contributed by atoms with Crippen molar-refractivity contribution in [1.29, 1.82) is 0 Å². The number of hydrogen-bond acceptors (Lipinski definition) is 5. The lowest BCUT2D eigenvalue weighted by atomic mass is 9.87. The summed E-state index contributed by atoms with van der Waals surface area (Å²) in [4.78, 5) is 16.6. The van der Waals surface area contributed by atoms with Crippen molar-refractivity contribution in [2.45, 2.75) is 32.7 Å². The molecular weight excluding hydrogens is 342 g/mol. The molecule has 0 radical (unpaired) electrons. The summed E-state index contributed by atoms with van der Waals surface area (Å²) in [5, 5.41) is 6.77. The second kappa shape index (κ2) is 7.61. The third kappa shape index (κ3) is 4.53. The molecular formula is C21H23N3O3. The molecule has 1 aromatic heterocycles. The first kappa shape index (κ1) is 18.6. The van der Waals surface area contributed by atoms with Crippen LogP contribution in [0.15, 0.2) is 53.1 Å². The number of rotatable bonds is 5. The molecule has 0 saturated heterocycles. The summed E-state index contributed by atoms with van der Waals surface area (Å²) in [5.41, 5.74) is 2.70. The van der Waals surface area contributed by atoms with Crippen LogP contribution in [-0.2, 0) is 12.0 Å². The number of ether oxygens (including phenoxy) is 1. The number of methoxy groups -OCH3 is 1. The fraction of sp³-hybridized carbons (Fsp3) is 0.286. The topological polar surface area (TPSA) is 77.2 Å². The molecule has 0 unspecified atom stereocenters. The van der Waals surface area contributed by atoms with Crippen LogP contribution in [0.4, 0.5) is 0 Å². The molecule has 0 aliphatic heterocycles. The van der Waals surface area contributed by atoms with Gasteiger partial charge in [0.1, 0.15) is 5.75 Å². The van der Waals surface area contributed by atoms with Gasteiger partial charge in [0.15, 0.2) is 0 Å². The van der Waals surface area contributed by atoms with Crippen LogP contribution in [0.25, 0.3) is 11.4 Å². The van der Waals surface area contributed by atoms with Crippen molar-refractivity contribution in [2.75, 3.05) is 7.11 Å². The minimum atomic E-state index is -0.233. The molecule has 0 bridgehead atoms. The highest BCUT2D eigenvalue weighted by molar-refractivity contribution is 5.94. The Balaban J connectivity index is 1.65. The lowest BCUT2D eigenvalue weighted by Gasteiger charge is -2.18. The summed E-state index contributed by atoms with van der Waals surface area (Å²) in [5.74, 6) is 1.24. The molecule has 0 aliphatic carbocycles. The van der Waals surface area contributed by atoms with Crippen molar-refractivity contribution >= 4 is 5.91 Å². The monoisotopic (exact) mass is 365 g/mol. The van der Waals surface area contributed by atoms with Crippen LogP contribution >= 0.6 is 0 Å². The van der Waals surface area contributed by atoms with Crippen molar-refractivity contribution < 1.29 is 14.1 Å². The van der Waals surface area contributed by atoms with Crippen molar-refractivity contribution in [1.82, 2.24) is 15.5 Å². The van der Waals surface area contributed by atoms with Crippen molar-refractivity contribution in [3.8, 4) is 17.1 Å². The molecule has 0 spiro atoms. The van der Waals surface area contributed by atoms with E-state index in [2.05, 4.69) is 48.4 Å². The lowest BCUT2D eigenvalue weighted by Crippen LogP contribution is -2.22. The predicted octanol–water partition coefficient (Wildman–Crippen LogP) is 3.97. The van der Waals surface area contributed by atoms with Crippen molar-refractivity contribution in [3.05, 3.63) is 65.5 Å². The molecule has 27 heavy (non-hydrogen) atoms. The number of carbonyl (C=O) groups excluding carboxylic acids is 1. The van der Waals surface area contributed by atoms with Crippen LogP contribution in [0, 0.1) is 0 Å². The van der Waals surface area contributed by atoms with Gasteiger partial charge in [-0.3, -0.25) is 4.79 Å². The van der Waals surface area contributed by atoms with Crippen molar-refractivity contribution in [2.24, 2.45) is 0 Å². The van der Waals surface area contributed by atoms with Gasteiger partial charge in [0.2, 0.25) is 11.7 Å². The lowest BCUT2D eigenvalue weighted by molar-refractivity contribution is 0.0946. The number of nitrogens with zero attached hydrogens (tertiary/aromatic N) is 2. The average Bonchev–Trinajstić information content (AvgIpc) is 3.14. The summed E-state index contributed by atoms with van der Waals surface area (Å²) in [7, 11) is 1.56. The minimum absolute atomic E-state index is 0.0886. The molecule has 140 valence electrons. The molecule has 1 N–H and O–H groups in total. The Morgan fingerprint density at radius 2 is 1.89 bits per heavy atom. The first-order chi connectivity index (χ1) is 12.9. The molecule has 0 aliphatic rings. The molecule has 3 rings (SSSR count). The van der Waals surface area contributed by atoms with Gasteiger partial charge in [-0.15, -0.1) is 0 Å². The quantitative estimate of drug-likeness (QED) is 0.740. The zero-order valence-corrected chi connectivity index (χ0v) is 15.9. The fourth-order valence-electron chi connectivity index (χ4n) is 2.59. The van der Waals surface area contributed by atoms with E-state index < -0.39 is 0 Å². The fourth-order valence-corrected chi connectivity index (χ4v) is 2.59. The highest BCUT2D eigenvalue weighted by Gasteiger charge is 2.15. The van der Waals surface area contributed by atoms with E-state index in [0.717, 1.165) is 5.56 Å². The number of benzene rings is 2. The van der Waals surface area contributed by atoms with E-state index in [9.17, 15) is 4.79 Å². The van der Waals surface area contributed by atoms with Gasteiger partial charge in [0.05, 0.1) is 13.7 Å². The highest BCUT2D eigenvalue weighted by atomic mass is 16.5. The first-order valence-corrected chi connectivity index (χ1v) is 8.72. The van der Waals surface area contributed by atoms with Gasteiger partial charge in [0, 0.05) is 11.1 Å². The predicted molar refractivity (Wildman–Crippen MR) is 103 cm³/mol. The zero-order chi connectivity index (χ0) is 19.4. The number of carbonyl (C=O) groups is 1. The second-order valence-corrected chi connectivity index (χ2v) is 7.25. The normalized spacial score (nSPS) is 11.3. The van der Waals surface area contributed by atoms with Gasteiger partial charge in [-0.05, 0) is 29.2 Å². The van der Waals surface area contributed by atoms with Crippen LogP contribution < -0.4 is 10.1 Å². The van der Waals surface area contributed by atoms with E-state index in [-0.39, 0.29) is 17.9 Å². The molecule has 1 heterocycles. The molecule has 6 heteroatoms. The number of hydrogen-bond donors (Lipinski definition) is 1. The van der Waals surface area contributed by atoms with Gasteiger partial charge in [0.25, 0.3) is 5.91 Å². The Kier molecular flexibility index (Phi) is 5.26. The van der Waals surface area contributed by atoms with Crippen LogP contribution in [-0.4, -0.2) is 23.2 Å². The van der Waals surface area contributed by atoms with Crippen LogP contribution in [0.2, 0.25) is 0 Å². The Morgan fingerprint density at radius 3 is 2.56 bits per heavy atom. The second-order valence-electron chi connectivity index (χ2n) is 7.25. The standard InChI is InChI=1S/C21H23N3O3/c1-21(2,3)16-10-8-14(9-11-16)19-23-18(27-24-19)13-22-20(25)15-6-5-7-17(12-15)26-4/h5-12H,13H2,1-4H3,(H,22,25). The zero-order valence-electron chi connectivity index (χ0n) is 15.9. The molecule has 1 amide bonds. The maximum atomic E-state index is 12.2. The number of nitrogens with one attached hydrogen (secondary N) is 1. The SMILES string of the molecule is COc1cccc(C(=O)NCc2nc(-c3ccc(C(C)(C)C)cc3)no2)c1. The smallest absolute Gasteiger partial charge is 0.251 e. The van der Waals surface area contributed by atoms with Gasteiger partial charge < -0.3 is 14.6 Å². The molecule has 2 aromatic carbocycles. The van der Waals surface area contributed by atoms with E-state index >= 15 is 0 Å². The molecule has 3 aromatic rings. The number of amides is 1. The maximum absolute atomic E-state index is 12.2. The molecule has 0 fully saturated rings. The number of aromatic nitrogens is 2. The van der Waals surface area contributed by atoms with E-state index in [1.54, 1.807) is 31.4 Å². The van der Waals surface area contributed by atoms with Crippen LogP contribution in [0.3, 0.4) is 0 Å². The van der Waals surface area contributed by atoms with Gasteiger partial charge in [-0.2, -0.15) is 4.98 Å².